The number of hydrogen-bond acceptors (Lipinski definition) is 4. The van der Waals surface area contributed by atoms with Gasteiger partial charge in [0.05, 0.1) is 0 Å². The molecule has 0 saturated carbocycles. The molecule has 0 unspecified atom stereocenters. The fourth-order valence-electron chi connectivity index (χ4n) is 1.40. The summed E-state index contributed by atoms with van der Waals surface area (Å²) in [5.74, 6) is 0. The molecule has 20 heavy (non-hydrogen) atoms. The topological polar surface area (TPSA) is 6.48 Å². The molecule has 0 bridgehead atoms. The lowest BCUT2D eigenvalue weighted by Gasteiger charge is -2.19. The zero-order chi connectivity index (χ0) is 15.4. The second-order valence-corrected chi connectivity index (χ2v) is 6.85. The van der Waals surface area contributed by atoms with E-state index in [9.17, 15) is 0 Å². The summed E-state index contributed by atoms with van der Waals surface area (Å²) in [4.78, 5) is 4.33. The van der Waals surface area contributed by atoms with Crippen LogP contribution in [0.4, 0.5) is 0 Å². The van der Waals surface area contributed by atoms with Gasteiger partial charge in [0.2, 0.25) is 0 Å². The number of hydrogen-bond donors (Lipinski definition) is 0. The molecular weight excluding hydrogens is 324 g/mol. The molecule has 0 heterocycles. The molecule has 114 valence electrons. The molecule has 0 aliphatic rings. The van der Waals surface area contributed by atoms with Crippen LogP contribution in [0.1, 0.15) is 27.7 Å². The predicted octanol–water partition coefficient (Wildman–Crippen LogP) is 4.73. The van der Waals surface area contributed by atoms with Crippen LogP contribution >= 0.6 is 48.0 Å². The Morgan fingerprint density at radius 1 is 0.750 bits per heavy atom. The molecule has 0 aromatic heterocycles. The van der Waals surface area contributed by atoms with Crippen molar-refractivity contribution < 1.29 is 0 Å². The molecule has 0 fully saturated rings. The van der Waals surface area contributed by atoms with Crippen LogP contribution in [0.2, 0.25) is 0 Å². The largest absolute Gasteiger partial charge is 0.358 e. The molecule has 0 saturated heterocycles. The first kappa shape index (κ1) is 20.0. The van der Waals surface area contributed by atoms with Gasteiger partial charge in [0.25, 0.3) is 0 Å². The lowest BCUT2D eigenvalue weighted by molar-refractivity contribution is 0.482. The van der Waals surface area contributed by atoms with Gasteiger partial charge in [0, 0.05) is 26.2 Å². The second kappa shape index (κ2) is 12.7. The van der Waals surface area contributed by atoms with E-state index in [0.717, 1.165) is 34.8 Å². The minimum absolute atomic E-state index is 0.922. The highest BCUT2D eigenvalue weighted by Gasteiger charge is 2.03. The Hall–Kier alpha value is -0.0400. The third kappa shape index (κ3) is 8.29. The van der Waals surface area contributed by atoms with Crippen molar-refractivity contribution in [3.8, 4) is 0 Å². The van der Waals surface area contributed by atoms with Crippen LogP contribution in [0, 0.1) is 0 Å². The molecule has 0 aromatic rings. The number of rotatable bonds is 7. The molecule has 0 aliphatic heterocycles. The first-order valence-corrected chi connectivity index (χ1v) is 9.40. The fraction of sp³-hybridized carbons (Fsp3) is 0.571. The SMILES string of the molecule is CCN(CC)C(=S)S/C=C/C=C/SC(=S)N(CC)CC. The zero-order valence-electron chi connectivity index (χ0n) is 12.7. The molecule has 0 aliphatic carbocycles. The zero-order valence-corrected chi connectivity index (χ0v) is 15.9. The van der Waals surface area contributed by atoms with Crippen molar-refractivity contribution >= 4 is 56.6 Å². The van der Waals surface area contributed by atoms with Crippen molar-refractivity contribution in [2.24, 2.45) is 0 Å². The first-order chi connectivity index (χ1) is 9.60. The maximum Gasteiger partial charge on any atom is 0.140 e. The number of nitrogens with zero attached hydrogens (tertiary/aromatic N) is 2. The van der Waals surface area contributed by atoms with E-state index in [1.54, 1.807) is 23.5 Å². The van der Waals surface area contributed by atoms with Crippen molar-refractivity contribution in [1.29, 1.82) is 0 Å². The minimum Gasteiger partial charge on any atom is -0.358 e. The van der Waals surface area contributed by atoms with Crippen LogP contribution in [0.3, 0.4) is 0 Å². The van der Waals surface area contributed by atoms with Gasteiger partial charge in [-0.1, -0.05) is 60.1 Å². The lowest BCUT2D eigenvalue weighted by Crippen LogP contribution is -2.26. The van der Waals surface area contributed by atoms with Crippen LogP contribution in [0.5, 0.6) is 0 Å². The van der Waals surface area contributed by atoms with E-state index < -0.39 is 0 Å². The summed E-state index contributed by atoms with van der Waals surface area (Å²) in [6, 6.07) is 0. The molecular formula is C14H24N2S4. The predicted molar refractivity (Wildman–Crippen MR) is 105 cm³/mol. The van der Waals surface area contributed by atoms with E-state index in [1.165, 1.54) is 0 Å². The molecule has 0 aromatic carbocycles. The van der Waals surface area contributed by atoms with Gasteiger partial charge in [0.1, 0.15) is 8.64 Å². The van der Waals surface area contributed by atoms with Gasteiger partial charge in [-0.2, -0.15) is 0 Å². The Morgan fingerprint density at radius 2 is 1.05 bits per heavy atom. The van der Waals surface area contributed by atoms with Gasteiger partial charge in [-0.05, 0) is 38.5 Å². The smallest absolute Gasteiger partial charge is 0.140 e. The molecule has 2 nitrogen and oxygen atoms in total. The molecule has 0 amide bonds. The molecule has 6 heteroatoms. The van der Waals surface area contributed by atoms with Crippen molar-refractivity contribution in [3.05, 3.63) is 23.0 Å². The van der Waals surface area contributed by atoms with Crippen molar-refractivity contribution in [1.82, 2.24) is 9.80 Å². The monoisotopic (exact) mass is 348 g/mol. The van der Waals surface area contributed by atoms with Crippen LogP contribution in [-0.2, 0) is 0 Å². The average Bonchev–Trinajstić information content (AvgIpc) is 2.45. The summed E-state index contributed by atoms with van der Waals surface area (Å²) in [5, 5.41) is 4.02. The van der Waals surface area contributed by atoms with E-state index in [-0.39, 0.29) is 0 Å². The van der Waals surface area contributed by atoms with Gasteiger partial charge in [-0.15, -0.1) is 0 Å². The van der Waals surface area contributed by atoms with Gasteiger partial charge in [-0.25, -0.2) is 0 Å². The normalized spacial score (nSPS) is 11.2. The van der Waals surface area contributed by atoms with E-state index in [2.05, 4.69) is 37.5 Å². The second-order valence-electron chi connectivity index (χ2n) is 3.77. The standard InChI is InChI=1S/C14H24N2S4/c1-5-15(6-2)13(17)19-11-9-10-12-20-14(18)16(7-3)8-4/h9-12H,5-8H2,1-4H3/b11-9+,12-10+. The van der Waals surface area contributed by atoms with Gasteiger partial charge < -0.3 is 9.80 Å². The van der Waals surface area contributed by atoms with Crippen LogP contribution in [0.15, 0.2) is 23.0 Å². The molecule has 0 rings (SSSR count). The number of thioether (sulfide) groups is 2. The summed E-state index contributed by atoms with van der Waals surface area (Å²) < 4.78 is 1.84. The fourth-order valence-corrected chi connectivity index (χ4v) is 3.63. The van der Waals surface area contributed by atoms with E-state index in [4.69, 9.17) is 24.4 Å². The van der Waals surface area contributed by atoms with Gasteiger partial charge in [-0.3, -0.25) is 0 Å². The third-order valence-corrected chi connectivity index (χ3v) is 5.25. The summed E-state index contributed by atoms with van der Waals surface area (Å²) in [5.41, 5.74) is 0. The Kier molecular flexibility index (Phi) is 12.7. The Morgan fingerprint density at radius 3 is 1.30 bits per heavy atom. The Labute approximate surface area is 143 Å². The van der Waals surface area contributed by atoms with E-state index in [0.29, 0.717) is 0 Å². The summed E-state index contributed by atoms with van der Waals surface area (Å²) in [7, 11) is 0. The average molecular weight is 349 g/mol. The van der Waals surface area contributed by atoms with Crippen LogP contribution in [-0.4, -0.2) is 44.6 Å². The minimum atomic E-state index is 0.922. The Bertz CT molecular complexity index is 311. The third-order valence-electron chi connectivity index (χ3n) is 2.65. The molecule has 0 N–H and O–H groups in total. The first-order valence-electron chi connectivity index (χ1n) is 6.83. The van der Waals surface area contributed by atoms with Crippen molar-refractivity contribution in [3.63, 3.8) is 0 Å². The highest BCUT2D eigenvalue weighted by Crippen LogP contribution is 2.13. The highest BCUT2D eigenvalue weighted by molar-refractivity contribution is 8.25. The maximum atomic E-state index is 5.34. The summed E-state index contributed by atoms with van der Waals surface area (Å²) >= 11 is 13.8. The number of allylic oxidation sites excluding steroid dienone is 2. The van der Waals surface area contributed by atoms with Crippen molar-refractivity contribution in [2.45, 2.75) is 27.7 Å². The lowest BCUT2D eigenvalue weighted by atomic mass is 10.6. The quantitative estimate of drug-likeness (QED) is 0.481. The van der Waals surface area contributed by atoms with Crippen molar-refractivity contribution in [2.75, 3.05) is 26.2 Å². The highest BCUT2D eigenvalue weighted by atomic mass is 32.2. The van der Waals surface area contributed by atoms with E-state index in [1.807, 2.05) is 23.0 Å². The maximum absolute atomic E-state index is 5.34. The molecule has 0 radical (unpaired) electrons. The summed E-state index contributed by atoms with van der Waals surface area (Å²) in [6.07, 6.45) is 4.00. The summed E-state index contributed by atoms with van der Waals surface area (Å²) in [6.45, 7) is 12.3. The van der Waals surface area contributed by atoms with Crippen LogP contribution < -0.4 is 0 Å². The van der Waals surface area contributed by atoms with Gasteiger partial charge >= 0.3 is 0 Å². The van der Waals surface area contributed by atoms with Gasteiger partial charge in [0.15, 0.2) is 0 Å². The molecule has 0 atom stereocenters. The van der Waals surface area contributed by atoms with E-state index >= 15 is 0 Å². The number of thiocarbonyl (C=S) groups is 2. The Balaban J connectivity index is 4.04. The molecule has 0 spiro atoms. The van der Waals surface area contributed by atoms with Crippen LogP contribution in [0.25, 0.3) is 0 Å².